The Kier molecular flexibility index (Phi) is 8.43. The van der Waals surface area contributed by atoms with Crippen molar-refractivity contribution in [3.63, 3.8) is 0 Å². The van der Waals surface area contributed by atoms with Crippen LogP contribution in [0.3, 0.4) is 0 Å². The second-order valence-electron chi connectivity index (χ2n) is 9.77. The lowest BCUT2D eigenvalue weighted by Gasteiger charge is -2.24. The van der Waals surface area contributed by atoms with Gasteiger partial charge in [0.05, 0.1) is 6.61 Å². The van der Waals surface area contributed by atoms with Crippen LogP contribution in [0.1, 0.15) is 43.4 Å². The molecule has 8 nitrogen and oxygen atoms in total. The number of aliphatic hydroxyl groups excluding tert-OH is 1. The van der Waals surface area contributed by atoms with E-state index in [4.69, 9.17) is 9.84 Å². The van der Waals surface area contributed by atoms with Crippen molar-refractivity contribution in [1.29, 1.82) is 0 Å². The third kappa shape index (κ3) is 6.03. The van der Waals surface area contributed by atoms with Gasteiger partial charge < -0.3 is 25.8 Å². The molecule has 0 aromatic heterocycles. The van der Waals surface area contributed by atoms with Crippen LogP contribution in [-0.4, -0.2) is 41.7 Å². The summed E-state index contributed by atoms with van der Waals surface area (Å²) in [6.45, 7) is 5.23. The average molecular weight is 516 g/mol. The van der Waals surface area contributed by atoms with Gasteiger partial charge in [0, 0.05) is 11.6 Å². The molecular formula is C30H33N3O5. The Morgan fingerprint density at radius 3 is 1.95 bits per heavy atom. The van der Waals surface area contributed by atoms with Gasteiger partial charge in [-0.1, -0.05) is 74.5 Å². The number of carbonyl (C=O) groups is 3. The summed E-state index contributed by atoms with van der Waals surface area (Å²) >= 11 is 0. The van der Waals surface area contributed by atoms with Gasteiger partial charge in [-0.05, 0) is 52.8 Å². The van der Waals surface area contributed by atoms with Crippen molar-refractivity contribution in [2.24, 2.45) is 5.92 Å². The van der Waals surface area contributed by atoms with Gasteiger partial charge in [-0.2, -0.15) is 0 Å². The summed E-state index contributed by atoms with van der Waals surface area (Å²) in [5.41, 5.74) is 5.74. The van der Waals surface area contributed by atoms with Gasteiger partial charge in [0.15, 0.2) is 0 Å². The van der Waals surface area contributed by atoms with E-state index in [0.717, 1.165) is 27.8 Å². The summed E-state index contributed by atoms with van der Waals surface area (Å²) in [6, 6.07) is 21.2. The van der Waals surface area contributed by atoms with E-state index in [0.29, 0.717) is 5.69 Å². The monoisotopic (exact) mass is 515 g/mol. The maximum atomic E-state index is 13.0. The first-order chi connectivity index (χ1) is 18.3. The molecule has 0 saturated carbocycles. The predicted octanol–water partition coefficient (Wildman–Crippen LogP) is 4.19. The highest BCUT2D eigenvalue weighted by molar-refractivity contribution is 5.98. The number of benzene rings is 3. The highest BCUT2D eigenvalue weighted by Crippen LogP contribution is 2.44. The number of carbonyl (C=O) groups excluding carboxylic acids is 3. The van der Waals surface area contributed by atoms with Crippen LogP contribution in [0.25, 0.3) is 11.1 Å². The van der Waals surface area contributed by atoms with E-state index in [1.165, 1.54) is 0 Å². The minimum Gasteiger partial charge on any atom is -0.449 e. The first-order valence-electron chi connectivity index (χ1n) is 12.7. The van der Waals surface area contributed by atoms with Crippen molar-refractivity contribution in [2.45, 2.75) is 45.4 Å². The van der Waals surface area contributed by atoms with Crippen LogP contribution in [0.4, 0.5) is 10.5 Å². The zero-order chi connectivity index (χ0) is 27.2. The predicted molar refractivity (Wildman–Crippen MR) is 145 cm³/mol. The number of rotatable bonds is 9. The Morgan fingerprint density at radius 1 is 0.816 bits per heavy atom. The highest BCUT2D eigenvalue weighted by atomic mass is 16.5. The quantitative estimate of drug-likeness (QED) is 0.341. The molecule has 0 heterocycles. The van der Waals surface area contributed by atoms with Gasteiger partial charge >= 0.3 is 6.09 Å². The number of hydrogen-bond acceptors (Lipinski definition) is 5. The normalized spacial score (nSPS) is 13.7. The summed E-state index contributed by atoms with van der Waals surface area (Å²) in [7, 11) is 0. The van der Waals surface area contributed by atoms with Crippen LogP contribution in [0.2, 0.25) is 0 Å². The van der Waals surface area contributed by atoms with Crippen LogP contribution in [-0.2, 0) is 20.9 Å². The molecule has 0 spiro atoms. The van der Waals surface area contributed by atoms with E-state index >= 15 is 0 Å². The first-order valence-corrected chi connectivity index (χ1v) is 12.7. The van der Waals surface area contributed by atoms with Gasteiger partial charge in [0.25, 0.3) is 0 Å². The molecule has 0 fully saturated rings. The van der Waals surface area contributed by atoms with E-state index in [1.54, 1.807) is 45.0 Å². The molecule has 0 radical (unpaired) electrons. The summed E-state index contributed by atoms with van der Waals surface area (Å²) in [5.74, 6) is -1.21. The van der Waals surface area contributed by atoms with Gasteiger partial charge in [0.2, 0.25) is 11.8 Å². The Labute approximate surface area is 222 Å². The van der Waals surface area contributed by atoms with Crippen molar-refractivity contribution >= 4 is 23.6 Å². The Bertz CT molecular complexity index is 1260. The molecule has 3 aromatic rings. The van der Waals surface area contributed by atoms with Crippen molar-refractivity contribution < 1.29 is 24.2 Å². The molecule has 0 unspecified atom stereocenters. The van der Waals surface area contributed by atoms with Crippen LogP contribution >= 0.6 is 0 Å². The third-order valence-corrected chi connectivity index (χ3v) is 6.72. The third-order valence-electron chi connectivity index (χ3n) is 6.72. The number of ether oxygens (including phenoxy) is 1. The Balaban J connectivity index is 1.33. The maximum absolute atomic E-state index is 13.0. The fourth-order valence-corrected chi connectivity index (χ4v) is 4.61. The molecule has 2 atom stereocenters. The largest absolute Gasteiger partial charge is 0.449 e. The highest BCUT2D eigenvalue weighted by Gasteiger charge is 2.31. The molecule has 198 valence electrons. The van der Waals surface area contributed by atoms with Crippen molar-refractivity contribution in [2.75, 3.05) is 11.9 Å². The lowest BCUT2D eigenvalue weighted by atomic mass is 9.98. The molecule has 8 heteroatoms. The van der Waals surface area contributed by atoms with Crippen LogP contribution < -0.4 is 16.0 Å². The van der Waals surface area contributed by atoms with Crippen molar-refractivity contribution in [1.82, 2.24) is 10.6 Å². The zero-order valence-electron chi connectivity index (χ0n) is 21.7. The molecular weight excluding hydrogens is 482 g/mol. The zero-order valence-corrected chi connectivity index (χ0v) is 21.7. The molecule has 38 heavy (non-hydrogen) atoms. The standard InChI is InChI=1S/C30H33N3O5/c1-18(2)27(29(36)31-19(3)28(35)32-21-14-12-20(16-34)13-15-21)33-30(37)38-17-26-24-10-6-4-8-22(24)23-9-5-7-11-25(23)26/h4-15,18-19,26-27,34H,16-17H2,1-3H3,(H,31,36)(H,32,35)(H,33,37)/t19-,27+/m0/s1. The second-order valence-corrected chi connectivity index (χ2v) is 9.77. The molecule has 1 aliphatic rings. The molecule has 0 bridgehead atoms. The number of fused-ring (bicyclic) bond motifs is 3. The number of hydrogen-bond donors (Lipinski definition) is 4. The number of aliphatic hydroxyl groups is 1. The summed E-state index contributed by atoms with van der Waals surface area (Å²) < 4.78 is 5.59. The maximum Gasteiger partial charge on any atom is 0.407 e. The van der Waals surface area contributed by atoms with E-state index in [9.17, 15) is 14.4 Å². The first kappa shape index (κ1) is 26.9. The van der Waals surface area contributed by atoms with Gasteiger partial charge in [-0.25, -0.2) is 4.79 Å². The topological polar surface area (TPSA) is 117 Å². The summed E-state index contributed by atoms with van der Waals surface area (Å²) in [6.07, 6.45) is -0.693. The Hall–Kier alpha value is -4.17. The summed E-state index contributed by atoms with van der Waals surface area (Å²) in [5, 5.41) is 17.2. The minimum absolute atomic E-state index is 0.0883. The molecule has 0 saturated heterocycles. The number of nitrogens with one attached hydrogen (secondary N) is 3. The van der Waals surface area contributed by atoms with E-state index in [-0.39, 0.29) is 25.0 Å². The van der Waals surface area contributed by atoms with E-state index in [1.807, 2.05) is 36.4 Å². The van der Waals surface area contributed by atoms with Crippen LogP contribution in [0, 0.1) is 5.92 Å². The van der Waals surface area contributed by atoms with Gasteiger partial charge in [-0.3, -0.25) is 9.59 Å². The Morgan fingerprint density at radius 2 is 1.39 bits per heavy atom. The lowest BCUT2D eigenvalue weighted by Crippen LogP contribution is -2.53. The summed E-state index contributed by atoms with van der Waals surface area (Å²) in [4.78, 5) is 38.3. The number of amides is 3. The molecule has 4 rings (SSSR count). The molecule has 0 aliphatic heterocycles. The lowest BCUT2D eigenvalue weighted by molar-refractivity contribution is -0.128. The van der Waals surface area contributed by atoms with Crippen LogP contribution in [0.15, 0.2) is 72.8 Å². The molecule has 3 aromatic carbocycles. The van der Waals surface area contributed by atoms with E-state index in [2.05, 4.69) is 28.1 Å². The van der Waals surface area contributed by atoms with Crippen molar-refractivity contribution in [3.05, 3.63) is 89.5 Å². The van der Waals surface area contributed by atoms with E-state index < -0.39 is 30.0 Å². The number of anilines is 1. The fourth-order valence-electron chi connectivity index (χ4n) is 4.61. The minimum atomic E-state index is -0.885. The molecule has 1 aliphatic carbocycles. The van der Waals surface area contributed by atoms with Gasteiger partial charge in [-0.15, -0.1) is 0 Å². The SMILES string of the molecule is CC(C)[C@@H](NC(=O)OCC1c2ccccc2-c2ccccc21)C(=O)N[C@@H](C)C(=O)Nc1ccc(CO)cc1. The molecule has 4 N–H and O–H groups in total. The average Bonchev–Trinajstić information content (AvgIpc) is 3.24. The smallest absolute Gasteiger partial charge is 0.407 e. The second kappa shape index (κ2) is 11.9. The molecule has 3 amide bonds. The van der Waals surface area contributed by atoms with Gasteiger partial charge in [0.1, 0.15) is 18.7 Å². The number of alkyl carbamates (subject to hydrolysis) is 1. The fraction of sp³-hybridized carbons (Fsp3) is 0.300. The van der Waals surface area contributed by atoms with Crippen LogP contribution in [0.5, 0.6) is 0 Å². The van der Waals surface area contributed by atoms with Crippen molar-refractivity contribution in [3.8, 4) is 11.1 Å².